The first kappa shape index (κ1) is 19.0. The molecule has 0 unspecified atom stereocenters. The van der Waals surface area contributed by atoms with Gasteiger partial charge in [-0.1, -0.05) is 55.7 Å². The van der Waals surface area contributed by atoms with E-state index in [9.17, 15) is 9.59 Å². The Kier molecular flexibility index (Phi) is 6.85. The summed E-state index contributed by atoms with van der Waals surface area (Å²) in [5, 5.41) is 5.91. The highest BCUT2D eigenvalue weighted by Crippen LogP contribution is 2.17. The van der Waals surface area contributed by atoms with Crippen molar-refractivity contribution in [3.8, 4) is 5.75 Å². The average molecular weight is 366 g/mol. The quantitative estimate of drug-likeness (QED) is 0.789. The Balaban J connectivity index is 1.47. The van der Waals surface area contributed by atoms with E-state index in [0.29, 0.717) is 17.9 Å². The lowest BCUT2D eigenvalue weighted by molar-refractivity contribution is -0.124. The largest absolute Gasteiger partial charge is 0.484 e. The Bertz CT molecular complexity index is 755. The van der Waals surface area contributed by atoms with E-state index in [0.717, 1.165) is 18.4 Å². The molecule has 1 saturated carbocycles. The second-order valence-corrected chi connectivity index (χ2v) is 6.89. The predicted molar refractivity (Wildman–Crippen MR) is 105 cm³/mol. The predicted octanol–water partition coefficient (Wildman–Crippen LogP) is 3.44. The molecule has 5 heteroatoms. The number of hydrogen-bond donors (Lipinski definition) is 2. The maximum atomic E-state index is 12.3. The van der Waals surface area contributed by atoms with Crippen molar-refractivity contribution < 1.29 is 14.3 Å². The maximum Gasteiger partial charge on any atom is 0.258 e. The van der Waals surface area contributed by atoms with Gasteiger partial charge in [0.2, 0.25) is 0 Å². The summed E-state index contributed by atoms with van der Waals surface area (Å²) in [6.07, 6.45) is 5.69. The Hall–Kier alpha value is -2.82. The van der Waals surface area contributed by atoms with E-state index < -0.39 is 0 Å². The van der Waals surface area contributed by atoms with E-state index in [2.05, 4.69) is 10.6 Å². The first-order chi connectivity index (χ1) is 13.2. The summed E-state index contributed by atoms with van der Waals surface area (Å²) in [4.78, 5) is 24.4. The number of benzene rings is 2. The summed E-state index contributed by atoms with van der Waals surface area (Å²) in [7, 11) is 0. The van der Waals surface area contributed by atoms with E-state index in [4.69, 9.17) is 4.74 Å². The molecule has 0 spiro atoms. The van der Waals surface area contributed by atoms with Gasteiger partial charge in [0.1, 0.15) is 5.75 Å². The van der Waals surface area contributed by atoms with Crippen LogP contribution >= 0.6 is 0 Å². The number of ether oxygens (including phenoxy) is 1. The molecule has 1 fully saturated rings. The summed E-state index contributed by atoms with van der Waals surface area (Å²) in [5.41, 5.74) is 1.55. The lowest BCUT2D eigenvalue weighted by Crippen LogP contribution is -2.38. The molecular formula is C22H26N2O3. The lowest BCUT2D eigenvalue weighted by Gasteiger charge is -2.22. The van der Waals surface area contributed by atoms with Gasteiger partial charge in [-0.05, 0) is 36.6 Å². The van der Waals surface area contributed by atoms with Crippen molar-refractivity contribution in [3.05, 3.63) is 65.7 Å². The first-order valence-electron chi connectivity index (χ1n) is 9.55. The Morgan fingerprint density at radius 2 is 1.74 bits per heavy atom. The molecule has 5 nitrogen and oxygen atoms in total. The highest BCUT2D eigenvalue weighted by molar-refractivity contribution is 5.94. The van der Waals surface area contributed by atoms with Gasteiger partial charge in [-0.3, -0.25) is 9.59 Å². The zero-order valence-electron chi connectivity index (χ0n) is 15.4. The highest BCUT2D eigenvalue weighted by Gasteiger charge is 2.16. The Morgan fingerprint density at radius 1 is 0.963 bits per heavy atom. The first-order valence-corrected chi connectivity index (χ1v) is 9.55. The smallest absolute Gasteiger partial charge is 0.258 e. The molecule has 1 aliphatic rings. The molecule has 0 saturated heterocycles. The molecule has 2 aromatic carbocycles. The molecule has 3 rings (SSSR count). The summed E-state index contributed by atoms with van der Waals surface area (Å²) in [6, 6.07) is 16.9. The van der Waals surface area contributed by atoms with Gasteiger partial charge in [0, 0.05) is 18.2 Å². The third-order valence-electron chi connectivity index (χ3n) is 4.73. The fourth-order valence-corrected chi connectivity index (χ4v) is 3.27. The molecule has 0 atom stereocenters. The van der Waals surface area contributed by atoms with Crippen LogP contribution in [0.5, 0.6) is 5.75 Å². The van der Waals surface area contributed by atoms with Crippen LogP contribution in [-0.2, 0) is 11.3 Å². The van der Waals surface area contributed by atoms with Crippen molar-refractivity contribution in [2.45, 2.75) is 44.7 Å². The molecule has 0 radical (unpaired) electrons. The molecule has 2 amide bonds. The van der Waals surface area contributed by atoms with Crippen molar-refractivity contribution in [2.24, 2.45) is 0 Å². The van der Waals surface area contributed by atoms with Crippen LogP contribution in [0.3, 0.4) is 0 Å². The lowest BCUT2D eigenvalue weighted by atomic mass is 9.95. The van der Waals surface area contributed by atoms with Crippen LogP contribution in [0.25, 0.3) is 0 Å². The van der Waals surface area contributed by atoms with Gasteiger partial charge in [0.05, 0.1) is 0 Å². The maximum absolute atomic E-state index is 12.3. The number of nitrogens with one attached hydrogen (secondary N) is 2. The standard InChI is InChI=1S/C22H26N2O3/c25-21(24-19-11-5-2-6-12-19)16-27-20-13-7-10-18(14-20)22(26)23-15-17-8-3-1-4-9-17/h1,3-4,7-10,13-14,19H,2,5-6,11-12,15-16H2,(H,23,26)(H,24,25). The van der Waals surface area contributed by atoms with E-state index >= 15 is 0 Å². The molecule has 1 aliphatic carbocycles. The van der Waals surface area contributed by atoms with E-state index in [1.807, 2.05) is 30.3 Å². The van der Waals surface area contributed by atoms with Gasteiger partial charge < -0.3 is 15.4 Å². The molecule has 0 bridgehead atoms. The minimum Gasteiger partial charge on any atom is -0.484 e. The second kappa shape index (κ2) is 9.76. The van der Waals surface area contributed by atoms with Crippen molar-refractivity contribution in [1.82, 2.24) is 10.6 Å². The molecule has 2 N–H and O–H groups in total. The van der Waals surface area contributed by atoms with Crippen LogP contribution in [-0.4, -0.2) is 24.5 Å². The SMILES string of the molecule is O=C(COc1cccc(C(=O)NCc2ccccc2)c1)NC1CCCCC1. The third-order valence-corrected chi connectivity index (χ3v) is 4.73. The summed E-state index contributed by atoms with van der Waals surface area (Å²) >= 11 is 0. The van der Waals surface area contributed by atoms with Gasteiger partial charge in [0.15, 0.2) is 6.61 Å². The van der Waals surface area contributed by atoms with Crippen LogP contribution in [0.2, 0.25) is 0 Å². The fourth-order valence-electron chi connectivity index (χ4n) is 3.27. The van der Waals surface area contributed by atoms with E-state index in [1.165, 1.54) is 19.3 Å². The molecule has 0 aromatic heterocycles. The zero-order valence-corrected chi connectivity index (χ0v) is 15.4. The molecule has 0 heterocycles. The summed E-state index contributed by atoms with van der Waals surface area (Å²) in [5.74, 6) is 0.234. The van der Waals surface area contributed by atoms with Gasteiger partial charge >= 0.3 is 0 Å². The molecule has 142 valence electrons. The van der Waals surface area contributed by atoms with Gasteiger partial charge in [0.25, 0.3) is 11.8 Å². The molecule has 2 aromatic rings. The van der Waals surface area contributed by atoms with Crippen LogP contribution < -0.4 is 15.4 Å². The molecule has 27 heavy (non-hydrogen) atoms. The van der Waals surface area contributed by atoms with Crippen LogP contribution in [0, 0.1) is 0 Å². The van der Waals surface area contributed by atoms with Crippen LogP contribution in [0.1, 0.15) is 48.0 Å². The number of carbonyl (C=O) groups is 2. The third kappa shape index (κ3) is 6.13. The summed E-state index contributed by atoms with van der Waals surface area (Å²) in [6.45, 7) is 0.431. The topological polar surface area (TPSA) is 67.4 Å². The van der Waals surface area contributed by atoms with E-state index in [-0.39, 0.29) is 24.5 Å². The Labute approximate surface area is 160 Å². The van der Waals surface area contributed by atoms with Gasteiger partial charge in [-0.2, -0.15) is 0 Å². The number of carbonyl (C=O) groups excluding carboxylic acids is 2. The average Bonchev–Trinajstić information content (AvgIpc) is 2.72. The number of hydrogen-bond acceptors (Lipinski definition) is 3. The van der Waals surface area contributed by atoms with Crippen molar-refractivity contribution in [3.63, 3.8) is 0 Å². The molecule has 0 aliphatic heterocycles. The van der Waals surface area contributed by atoms with Gasteiger partial charge in [-0.25, -0.2) is 0 Å². The van der Waals surface area contributed by atoms with Crippen molar-refractivity contribution in [1.29, 1.82) is 0 Å². The minimum absolute atomic E-state index is 0.0361. The van der Waals surface area contributed by atoms with Crippen molar-refractivity contribution >= 4 is 11.8 Å². The van der Waals surface area contributed by atoms with Gasteiger partial charge in [-0.15, -0.1) is 0 Å². The minimum atomic E-state index is -0.170. The second-order valence-electron chi connectivity index (χ2n) is 6.89. The zero-order chi connectivity index (χ0) is 18.9. The van der Waals surface area contributed by atoms with Crippen LogP contribution in [0.15, 0.2) is 54.6 Å². The number of rotatable bonds is 7. The monoisotopic (exact) mass is 366 g/mol. The molecular weight excluding hydrogens is 340 g/mol. The number of amides is 2. The summed E-state index contributed by atoms with van der Waals surface area (Å²) < 4.78 is 5.57. The van der Waals surface area contributed by atoms with Crippen molar-refractivity contribution in [2.75, 3.05) is 6.61 Å². The van der Waals surface area contributed by atoms with Crippen LogP contribution in [0.4, 0.5) is 0 Å². The Morgan fingerprint density at radius 3 is 2.52 bits per heavy atom. The normalized spacial score (nSPS) is 14.4. The fraction of sp³-hybridized carbons (Fsp3) is 0.364. The van der Waals surface area contributed by atoms with E-state index in [1.54, 1.807) is 24.3 Å². The highest BCUT2D eigenvalue weighted by atomic mass is 16.5.